The highest BCUT2D eigenvalue weighted by Crippen LogP contribution is 2.22. The standard InChI is InChI=1S/C12H13N3O2S/c1-17-11-4-8(2-3-10(11)13)12(16)15-6-9-5-14-7-18-9/h2-5,7H,6,13H2,1H3,(H,15,16). The van der Waals surface area contributed by atoms with Crippen molar-refractivity contribution in [3.63, 3.8) is 0 Å². The van der Waals surface area contributed by atoms with Crippen molar-refractivity contribution in [2.24, 2.45) is 0 Å². The molecule has 5 nitrogen and oxygen atoms in total. The average molecular weight is 263 g/mol. The molecule has 2 aromatic rings. The van der Waals surface area contributed by atoms with Gasteiger partial charge in [-0.2, -0.15) is 0 Å². The van der Waals surface area contributed by atoms with Gasteiger partial charge in [0.05, 0.1) is 24.9 Å². The molecule has 0 saturated heterocycles. The summed E-state index contributed by atoms with van der Waals surface area (Å²) in [6.45, 7) is 0.468. The molecule has 0 atom stereocenters. The van der Waals surface area contributed by atoms with Crippen LogP contribution >= 0.6 is 11.3 Å². The molecule has 0 bridgehead atoms. The van der Waals surface area contributed by atoms with Crippen LogP contribution in [0.1, 0.15) is 15.2 Å². The highest BCUT2D eigenvalue weighted by atomic mass is 32.1. The van der Waals surface area contributed by atoms with Gasteiger partial charge < -0.3 is 15.8 Å². The fourth-order valence-electron chi connectivity index (χ4n) is 1.45. The zero-order valence-corrected chi connectivity index (χ0v) is 10.7. The predicted molar refractivity (Wildman–Crippen MR) is 70.7 cm³/mol. The summed E-state index contributed by atoms with van der Waals surface area (Å²) in [7, 11) is 1.52. The molecule has 0 unspecified atom stereocenters. The number of carbonyl (C=O) groups is 1. The van der Waals surface area contributed by atoms with E-state index in [0.29, 0.717) is 23.5 Å². The molecule has 0 aliphatic heterocycles. The molecule has 94 valence electrons. The number of carbonyl (C=O) groups excluding carboxylic acids is 1. The molecule has 1 amide bonds. The second kappa shape index (κ2) is 5.50. The van der Waals surface area contributed by atoms with Crippen LogP contribution in [0.2, 0.25) is 0 Å². The zero-order valence-electron chi connectivity index (χ0n) is 9.84. The summed E-state index contributed by atoms with van der Waals surface area (Å²) in [5, 5.41) is 2.81. The smallest absolute Gasteiger partial charge is 0.251 e. The topological polar surface area (TPSA) is 77.2 Å². The molecule has 0 saturated carbocycles. The minimum absolute atomic E-state index is 0.165. The molecule has 0 radical (unpaired) electrons. The van der Waals surface area contributed by atoms with Gasteiger partial charge in [0.2, 0.25) is 0 Å². The summed E-state index contributed by atoms with van der Waals surface area (Å²) in [5.74, 6) is 0.335. The van der Waals surface area contributed by atoms with Crippen LogP contribution in [0.15, 0.2) is 29.9 Å². The number of nitrogens with one attached hydrogen (secondary N) is 1. The molecule has 0 aliphatic carbocycles. The van der Waals surface area contributed by atoms with E-state index in [-0.39, 0.29) is 5.91 Å². The fourth-order valence-corrected chi connectivity index (χ4v) is 1.99. The van der Waals surface area contributed by atoms with Crippen molar-refractivity contribution in [1.82, 2.24) is 10.3 Å². The molecule has 0 spiro atoms. The minimum atomic E-state index is -0.165. The van der Waals surface area contributed by atoms with E-state index in [1.165, 1.54) is 18.4 Å². The molecular formula is C12H13N3O2S. The third-order valence-corrected chi connectivity index (χ3v) is 3.18. The van der Waals surface area contributed by atoms with Crippen molar-refractivity contribution in [3.8, 4) is 5.75 Å². The number of anilines is 1. The number of ether oxygens (including phenoxy) is 1. The molecule has 2 rings (SSSR count). The van der Waals surface area contributed by atoms with Gasteiger partial charge in [-0.25, -0.2) is 0 Å². The number of thiazole rings is 1. The van der Waals surface area contributed by atoms with Crippen LogP contribution in [0.4, 0.5) is 5.69 Å². The van der Waals surface area contributed by atoms with E-state index in [1.54, 1.807) is 29.9 Å². The third kappa shape index (κ3) is 2.78. The highest BCUT2D eigenvalue weighted by Gasteiger charge is 2.08. The van der Waals surface area contributed by atoms with Gasteiger partial charge in [-0.1, -0.05) is 0 Å². The van der Waals surface area contributed by atoms with Crippen molar-refractivity contribution >= 4 is 22.9 Å². The lowest BCUT2D eigenvalue weighted by Crippen LogP contribution is -2.22. The molecule has 3 N–H and O–H groups in total. The highest BCUT2D eigenvalue weighted by molar-refractivity contribution is 7.09. The Morgan fingerprint density at radius 3 is 3.06 bits per heavy atom. The van der Waals surface area contributed by atoms with E-state index < -0.39 is 0 Å². The second-order valence-corrected chi connectivity index (χ2v) is 4.58. The Morgan fingerprint density at radius 2 is 2.39 bits per heavy atom. The summed E-state index contributed by atoms with van der Waals surface area (Å²) in [6, 6.07) is 4.94. The number of aromatic nitrogens is 1. The van der Waals surface area contributed by atoms with Crippen LogP contribution < -0.4 is 15.8 Å². The first-order chi connectivity index (χ1) is 8.70. The monoisotopic (exact) mass is 263 g/mol. The van der Waals surface area contributed by atoms with Crippen molar-refractivity contribution < 1.29 is 9.53 Å². The van der Waals surface area contributed by atoms with Crippen LogP contribution in [0.3, 0.4) is 0 Å². The number of nitrogens with zero attached hydrogens (tertiary/aromatic N) is 1. The Bertz CT molecular complexity index is 540. The van der Waals surface area contributed by atoms with Crippen molar-refractivity contribution in [2.75, 3.05) is 12.8 Å². The normalized spacial score (nSPS) is 10.1. The Balaban J connectivity index is 2.04. The number of amides is 1. The first-order valence-corrected chi connectivity index (χ1v) is 6.17. The van der Waals surface area contributed by atoms with Gasteiger partial charge in [0.15, 0.2) is 0 Å². The lowest BCUT2D eigenvalue weighted by Gasteiger charge is -2.07. The molecule has 6 heteroatoms. The van der Waals surface area contributed by atoms with Crippen molar-refractivity contribution in [2.45, 2.75) is 6.54 Å². The van der Waals surface area contributed by atoms with Gasteiger partial charge in [-0.15, -0.1) is 11.3 Å². The zero-order chi connectivity index (χ0) is 13.0. The maximum absolute atomic E-state index is 11.9. The number of methoxy groups -OCH3 is 1. The van der Waals surface area contributed by atoms with E-state index in [9.17, 15) is 4.79 Å². The van der Waals surface area contributed by atoms with E-state index in [2.05, 4.69) is 10.3 Å². The number of rotatable bonds is 4. The summed E-state index contributed by atoms with van der Waals surface area (Å²) in [4.78, 5) is 16.8. The Kier molecular flexibility index (Phi) is 3.78. The lowest BCUT2D eigenvalue weighted by molar-refractivity contribution is 0.0951. The quantitative estimate of drug-likeness (QED) is 0.822. The summed E-state index contributed by atoms with van der Waals surface area (Å²) < 4.78 is 5.07. The third-order valence-electron chi connectivity index (χ3n) is 2.40. The summed E-state index contributed by atoms with van der Waals surface area (Å²) in [6.07, 6.45) is 1.73. The number of nitrogen functional groups attached to an aromatic ring is 1. The van der Waals surface area contributed by atoms with Gasteiger partial charge >= 0.3 is 0 Å². The fraction of sp³-hybridized carbons (Fsp3) is 0.167. The van der Waals surface area contributed by atoms with Crippen LogP contribution in [-0.2, 0) is 6.54 Å². The molecular weight excluding hydrogens is 250 g/mol. The van der Waals surface area contributed by atoms with Crippen LogP contribution in [0.25, 0.3) is 0 Å². The van der Waals surface area contributed by atoms with Crippen molar-refractivity contribution in [1.29, 1.82) is 0 Å². The van der Waals surface area contributed by atoms with Gasteiger partial charge in [0.1, 0.15) is 5.75 Å². The Morgan fingerprint density at radius 1 is 1.56 bits per heavy atom. The first kappa shape index (κ1) is 12.4. The van der Waals surface area contributed by atoms with Crippen LogP contribution in [0.5, 0.6) is 5.75 Å². The number of benzene rings is 1. The van der Waals surface area contributed by atoms with E-state index in [0.717, 1.165) is 4.88 Å². The average Bonchev–Trinajstić information content (AvgIpc) is 2.89. The Hall–Kier alpha value is -2.08. The van der Waals surface area contributed by atoms with Gasteiger partial charge in [-0.3, -0.25) is 9.78 Å². The van der Waals surface area contributed by atoms with E-state index in [4.69, 9.17) is 10.5 Å². The summed E-state index contributed by atoms with van der Waals surface area (Å²) >= 11 is 1.50. The number of hydrogen-bond acceptors (Lipinski definition) is 5. The predicted octanol–water partition coefficient (Wildman–Crippen LogP) is 1.66. The summed E-state index contributed by atoms with van der Waals surface area (Å²) in [5.41, 5.74) is 8.45. The molecule has 1 aromatic carbocycles. The molecule has 0 aliphatic rings. The molecule has 1 aromatic heterocycles. The Labute approximate surface area is 109 Å². The SMILES string of the molecule is COc1cc(C(=O)NCc2cncs2)ccc1N. The number of hydrogen-bond donors (Lipinski definition) is 2. The largest absolute Gasteiger partial charge is 0.495 e. The van der Waals surface area contributed by atoms with Crippen molar-refractivity contribution in [3.05, 3.63) is 40.3 Å². The molecule has 1 heterocycles. The first-order valence-electron chi connectivity index (χ1n) is 5.30. The molecule has 18 heavy (non-hydrogen) atoms. The van der Waals surface area contributed by atoms with Crippen LogP contribution in [-0.4, -0.2) is 18.0 Å². The minimum Gasteiger partial charge on any atom is -0.495 e. The van der Waals surface area contributed by atoms with Gasteiger partial charge in [-0.05, 0) is 18.2 Å². The number of nitrogens with two attached hydrogens (primary N) is 1. The lowest BCUT2D eigenvalue weighted by atomic mass is 10.2. The van der Waals surface area contributed by atoms with E-state index >= 15 is 0 Å². The van der Waals surface area contributed by atoms with Crippen LogP contribution in [0, 0.1) is 0 Å². The van der Waals surface area contributed by atoms with Gasteiger partial charge in [0.25, 0.3) is 5.91 Å². The molecule has 0 fully saturated rings. The maximum atomic E-state index is 11.9. The van der Waals surface area contributed by atoms with E-state index in [1.807, 2.05) is 0 Å². The maximum Gasteiger partial charge on any atom is 0.251 e. The van der Waals surface area contributed by atoms with Gasteiger partial charge in [0, 0.05) is 16.6 Å². The second-order valence-electron chi connectivity index (χ2n) is 3.61.